The fourth-order valence-electron chi connectivity index (χ4n) is 2.07. The highest BCUT2D eigenvalue weighted by molar-refractivity contribution is 4.92. The zero-order chi connectivity index (χ0) is 9.19. The highest BCUT2D eigenvalue weighted by Crippen LogP contribution is 2.38. The molecule has 1 nitrogen and oxygen atoms in total. The van der Waals surface area contributed by atoms with Gasteiger partial charge in [-0.15, -0.1) is 0 Å². The van der Waals surface area contributed by atoms with Crippen molar-refractivity contribution in [1.29, 1.82) is 0 Å². The second-order valence-electron chi connectivity index (χ2n) is 4.37. The van der Waals surface area contributed by atoms with E-state index in [0.29, 0.717) is 25.2 Å². The predicted molar refractivity (Wildman–Crippen MR) is 49.7 cm³/mol. The van der Waals surface area contributed by atoms with E-state index in [-0.39, 0.29) is 6.04 Å². The summed E-state index contributed by atoms with van der Waals surface area (Å²) < 4.78 is 13.9. The van der Waals surface area contributed by atoms with E-state index in [4.69, 9.17) is 5.73 Å². The van der Waals surface area contributed by atoms with Crippen molar-refractivity contribution in [2.75, 3.05) is 0 Å². The molecular formula is C10H20FN. The average molecular weight is 173 g/mol. The second kappa shape index (κ2) is 3.73. The van der Waals surface area contributed by atoms with E-state index in [1.165, 1.54) is 0 Å². The van der Waals surface area contributed by atoms with Gasteiger partial charge >= 0.3 is 0 Å². The van der Waals surface area contributed by atoms with E-state index in [9.17, 15) is 4.39 Å². The van der Waals surface area contributed by atoms with Crippen molar-refractivity contribution in [3.05, 3.63) is 0 Å². The van der Waals surface area contributed by atoms with Crippen molar-refractivity contribution in [3.63, 3.8) is 0 Å². The minimum atomic E-state index is -0.936. The molecule has 12 heavy (non-hydrogen) atoms. The molecular weight excluding hydrogens is 153 g/mol. The van der Waals surface area contributed by atoms with Gasteiger partial charge in [-0.1, -0.05) is 20.3 Å². The van der Waals surface area contributed by atoms with Crippen LogP contribution in [0.5, 0.6) is 0 Å². The van der Waals surface area contributed by atoms with Crippen molar-refractivity contribution in [2.45, 2.75) is 57.7 Å². The SMILES string of the molecule is CCC(C)CC1(F)CCC(N)C1. The van der Waals surface area contributed by atoms with Gasteiger partial charge < -0.3 is 5.73 Å². The van der Waals surface area contributed by atoms with Gasteiger partial charge in [-0.25, -0.2) is 4.39 Å². The van der Waals surface area contributed by atoms with Gasteiger partial charge in [0, 0.05) is 6.04 Å². The van der Waals surface area contributed by atoms with Crippen LogP contribution in [0, 0.1) is 5.92 Å². The van der Waals surface area contributed by atoms with E-state index in [1.807, 2.05) is 0 Å². The molecule has 2 heteroatoms. The first-order valence-electron chi connectivity index (χ1n) is 5.00. The highest BCUT2D eigenvalue weighted by Gasteiger charge is 2.38. The fourth-order valence-corrected chi connectivity index (χ4v) is 2.07. The summed E-state index contributed by atoms with van der Waals surface area (Å²) in [6.07, 6.45) is 3.90. The van der Waals surface area contributed by atoms with Gasteiger partial charge in [0.1, 0.15) is 5.67 Å². The summed E-state index contributed by atoms with van der Waals surface area (Å²) >= 11 is 0. The van der Waals surface area contributed by atoms with Gasteiger partial charge in [0.05, 0.1) is 0 Å². The molecule has 0 aromatic carbocycles. The summed E-state index contributed by atoms with van der Waals surface area (Å²) in [5.41, 5.74) is 4.75. The molecule has 1 fully saturated rings. The molecule has 0 heterocycles. The summed E-state index contributed by atoms with van der Waals surface area (Å²) in [6, 6.07) is 0.110. The molecule has 2 N–H and O–H groups in total. The van der Waals surface area contributed by atoms with Crippen LogP contribution in [0.4, 0.5) is 4.39 Å². The third kappa shape index (κ3) is 2.44. The Bertz CT molecular complexity index is 149. The van der Waals surface area contributed by atoms with Gasteiger partial charge in [0.25, 0.3) is 0 Å². The molecule has 0 amide bonds. The molecule has 1 aliphatic rings. The van der Waals surface area contributed by atoms with Crippen LogP contribution in [0.2, 0.25) is 0 Å². The molecule has 0 radical (unpaired) electrons. The van der Waals surface area contributed by atoms with E-state index in [0.717, 1.165) is 12.8 Å². The number of nitrogens with two attached hydrogens (primary N) is 1. The van der Waals surface area contributed by atoms with Gasteiger partial charge in [0.2, 0.25) is 0 Å². The lowest BCUT2D eigenvalue weighted by atomic mass is 9.90. The zero-order valence-corrected chi connectivity index (χ0v) is 8.15. The van der Waals surface area contributed by atoms with Crippen LogP contribution in [0.3, 0.4) is 0 Å². The van der Waals surface area contributed by atoms with Gasteiger partial charge in [-0.3, -0.25) is 0 Å². The second-order valence-corrected chi connectivity index (χ2v) is 4.37. The third-order valence-corrected chi connectivity index (χ3v) is 3.00. The van der Waals surface area contributed by atoms with Gasteiger partial charge in [-0.05, 0) is 31.6 Å². The lowest BCUT2D eigenvalue weighted by Gasteiger charge is -2.22. The van der Waals surface area contributed by atoms with E-state index in [2.05, 4.69) is 13.8 Å². The van der Waals surface area contributed by atoms with Crippen LogP contribution in [0.25, 0.3) is 0 Å². The Morgan fingerprint density at radius 2 is 2.33 bits per heavy atom. The minimum absolute atomic E-state index is 0.110. The van der Waals surface area contributed by atoms with E-state index < -0.39 is 5.67 Å². The molecule has 1 saturated carbocycles. The van der Waals surface area contributed by atoms with E-state index in [1.54, 1.807) is 0 Å². The normalized spacial score (nSPS) is 38.5. The molecule has 72 valence electrons. The Hall–Kier alpha value is -0.110. The molecule has 0 aliphatic heterocycles. The monoisotopic (exact) mass is 173 g/mol. The van der Waals surface area contributed by atoms with Gasteiger partial charge in [0.15, 0.2) is 0 Å². The van der Waals surface area contributed by atoms with Crippen molar-refractivity contribution < 1.29 is 4.39 Å². The Balaban J connectivity index is 2.39. The van der Waals surface area contributed by atoms with Crippen molar-refractivity contribution in [1.82, 2.24) is 0 Å². The fraction of sp³-hybridized carbons (Fsp3) is 1.00. The number of rotatable bonds is 3. The summed E-state index contributed by atoms with van der Waals surface area (Å²) in [5.74, 6) is 0.500. The molecule has 0 spiro atoms. The Morgan fingerprint density at radius 3 is 2.75 bits per heavy atom. The van der Waals surface area contributed by atoms with Crippen LogP contribution < -0.4 is 5.73 Å². The largest absolute Gasteiger partial charge is 0.328 e. The maximum Gasteiger partial charge on any atom is 0.112 e. The summed E-state index contributed by atoms with van der Waals surface area (Å²) in [5, 5.41) is 0. The lowest BCUT2D eigenvalue weighted by Crippen LogP contribution is -2.25. The molecule has 1 aliphatic carbocycles. The Kier molecular flexibility index (Phi) is 3.10. The van der Waals surface area contributed by atoms with Gasteiger partial charge in [-0.2, -0.15) is 0 Å². The molecule has 1 rings (SSSR count). The van der Waals surface area contributed by atoms with E-state index >= 15 is 0 Å². The van der Waals surface area contributed by atoms with Crippen molar-refractivity contribution in [2.24, 2.45) is 11.7 Å². The molecule has 3 unspecified atom stereocenters. The van der Waals surface area contributed by atoms with Crippen LogP contribution in [0.15, 0.2) is 0 Å². The Labute approximate surface area is 74.5 Å². The summed E-state index contributed by atoms with van der Waals surface area (Å²) in [4.78, 5) is 0. The first-order valence-corrected chi connectivity index (χ1v) is 5.00. The van der Waals surface area contributed by atoms with Crippen LogP contribution >= 0.6 is 0 Å². The highest BCUT2D eigenvalue weighted by atomic mass is 19.1. The molecule has 3 atom stereocenters. The number of alkyl halides is 1. The lowest BCUT2D eigenvalue weighted by molar-refractivity contribution is 0.132. The summed E-state index contributed by atoms with van der Waals surface area (Å²) in [7, 11) is 0. The third-order valence-electron chi connectivity index (χ3n) is 3.00. The first-order chi connectivity index (χ1) is 5.56. The average Bonchev–Trinajstić information content (AvgIpc) is 2.30. The minimum Gasteiger partial charge on any atom is -0.328 e. The van der Waals surface area contributed by atoms with Crippen molar-refractivity contribution >= 4 is 0 Å². The van der Waals surface area contributed by atoms with Crippen LogP contribution in [0.1, 0.15) is 46.0 Å². The number of hydrogen-bond donors (Lipinski definition) is 1. The maximum atomic E-state index is 13.9. The van der Waals surface area contributed by atoms with Crippen LogP contribution in [-0.4, -0.2) is 11.7 Å². The van der Waals surface area contributed by atoms with Crippen molar-refractivity contribution in [3.8, 4) is 0 Å². The maximum absolute atomic E-state index is 13.9. The molecule has 0 aromatic rings. The zero-order valence-electron chi connectivity index (χ0n) is 8.15. The van der Waals surface area contributed by atoms with Crippen LogP contribution in [-0.2, 0) is 0 Å². The number of halogens is 1. The standard InChI is InChI=1S/C10H20FN/c1-3-8(2)6-10(11)5-4-9(12)7-10/h8-9H,3-7,12H2,1-2H3. The first kappa shape index (κ1) is 9.97. The molecule has 0 aromatic heterocycles. The topological polar surface area (TPSA) is 26.0 Å². The molecule has 0 saturated heterocycles. The quantitative estimate of drug-likeness (QED) is 0.697. The smallest absolute Gasteiger partial charge is 0.112 e. The Morgan fingerprint density at radius 1 is 1.67 bits per heavy atom. The number of hydrogen-bond acceptors (Lipinski definition) is 1. The molecule has 0 bridgehead atoms. The summed E-state index contributed by atoms with van der Waals surface area (Å²) in [6.45, 7) is 4.23. The predicted octanol–water partition coefficient (Wildman–Crippen LogP) is 2.64.